The van der Waals surface area contributed by atoms with Crippen molar-refractivity contribution in [2.24, 2.45) is 0 Å². The lowest BCUT2D eigenvalue weighted by Gasteiger charge is -2.39. The number of ether oxygens (including phenoxy) is 1. The lowest BCUT2D eigenvalue weighted by molar-refractivity contribution is -0.113. The molecule has 0 aliphatic carbocycles. The van der Waals surface area contributed by atoms with E-state index in [1.807, 2.05) is 102 Å². The van der Waals surface area contributed by atoms with Gasteiger partial charge in [-0.1, -0.05) is 72.8 Å². The maximum absolute atomic E-state index is 14.3. The fourth-order valence-corrected chi connectivity index (χ4v) is 6.82. The van der Waals surface area contributed by atoms with Gasteiger partial charge in [-0.15, -0.1) is 0 Å². The lowest BCUT2D eigenvalue weighted by Crippen LogP contribution is -2.40. The smallest absolute Gasteiger partial charge is 0.352 e. The van der Waals surface area contributed by atoms with E-state index in [1.165, 1.54) is 0 Å². The number of Topliss-reactive ketones (excluding diaryl/α,β-unsaturated/α-hetero) is 1. The molecule has 3 aromatic rings. The number of rotatable bonds is 10. The van der Waals surface area contributed by atoms with Gasteiger partial charge in [-0.3, -0.25) is 14.3 Å². The van der Waals surface area contributed by atoms with E-state index >= 15 is 0 Å². The molecular weight excluding hydrogens is 497 g/mol. The number of hydrogen-bond acceptors (Lipinski definition) is 6. The predicted octanol–water partition coefficient (Wildman–Crippen LogP) is 7.01. The molecule has 38 heavy (non-hydrogen) atoms. The molecule has 7 heteroatoms. The summed E-state index contributed by atoms with van der Waals surface area (Å²) < 4.78 is 31.4. The zero-order valence-corrected chi connectivity index (χ0v) is 23.0. The zero-order chi connectivity index (χ0) is 27.0. The molecule has 0 bridgehead atoms. The highest BCUT2D eigenvalue weighted by molar-refractivity contribution is 7.54. The molecule has 0 spiro atoms. The van der Waals surface area contributed by atoms with Gasteiger partial charge in [-0.2, -0.15) is 0 Å². The van der Waals surface area contributed by atoms with Crippen LogP contribution in [0.15, 0.2) is 96.1 Å². The van der Waals surface area contributed by atoms with Crippen LogP contribution in [0.3, 0.4) is 0 Å². The number of likely N-dealkylation sites (tertiary alicyclic amines) is 1. The van der Waals surface area contributed by atoms with Gasteiger partial charge in [0, 0.05) is 24.2 Å². The summed E-state index contributed by atoms with van der Waals surface area (Å²) in [4.78, 5) is 15.7. The van der Waals surface area contributed by atoms with E-state index in [0.717, 1.165) is 16.7 Å². The molecule has 3 aromatic carbocycles. The Morgan fingerprint density at radius 3 is 1.68 bits per heavy atom. The number of carbonyl (C=O) groups excluding carboxylic acids is 1. The Hall–Kier alpha value is -3.28. The Kier molecular flexibility index (Phi) is 9.48. The molecule has 6 nitrogen and oxygen atoms in total. The van der Waals surface area contributed by atoms with Crippen LogP contribution in [0, 0.1) is 0 Å². The van der Waals surface area contributed by atoms with Gasteiger partial charge in [-0.25, -0.2) is 0 Å². The maximum atomic E-state index is 14.3. The van der Waals surface area contributed by atoms with Crippen molar-refractivity contribution in [2.45, 2.75) is 19.6 Å². The molecule has 0 saturated carbocycles. The van der Waals surface area contributed by atoms with E-state index < -0.39 is 13.4 Å². The molecule has 0 aromatic heterocycles. The normalized spacial score (nSPS) is 17.6. The Bertz CT molecular complexity index is 1250. The summed E-state index contributed by atoms with van der Waals surface area (Å²) in [5.41, 5.74) is 3.85. The highest BCUT2D eigenvalue weighted by atomic mass is 31.2. The van der Waals surface area contributed by atoms with Crippen molar-refractivity contribution in [1.82, 2.24) is 4.90 Å². The predicted molar refractivity (Wildman–Crippen MR) is 152 cm³/mol. The van der Waals surface area contributed by atoms with Gasteiger partial charge in [0.2, 0.25) is 0 Å². The molecule has 1 fully saturated rings. The second kappa shape index (κ2) is 13.0. The van der Waals surface area contributed by atoms with Crippen LogP contribution >= 0.6 is 7.60 Å². The molecule has 1 aliphatic heterocycles. The fraction of sp³-hybridized carbons (Fsp3) is 0.258. The third kappa shape index (κ3) is 6.58. The van der Waals surface area contributed by atoms with Crippen LogP contribution in [0.4, 0.5) is 0 Å². The van der Waals surface area contributed by atoms with Gasteiger partial charge in [0.25, 0.3) is 0 Å². The van der Waals surface area contributed by atoms with Gasteiger partial charge >= 0.3 is 7.60 Å². The highest BCUT2D eigenvalue weighted by Gasteiger charge is 2.44. The standard InChI is InChI=1S/C31H34NO5P/c1-4-36-38(34,37-5-2)31(26-16-18-29(35-3)19-17-26)32-22-27(20-24-12-8-6-9-13-24)30(33)28(23-32)21-25-14-10-7-11-15-25/h6-21,31H,4-5,22-23H2,1-3H3/b27-20+,28-21+. The average molecular weight is 532 g/mol. The van der Waals surface area contributed by atoms with E-state index in [4.69, 9.17) is 13.8 Å². The van der Waals surface area contributed by atoms with E-state index in [2.05, 4.69) is 0 Å². The van der Waals surface area contributed by atoms with Crippen LogP contribution < -0.4 is 4.74 Å². The highest BCUT2D eigenvalue weighted by Crippen LogP contribution is 2.62. The summed E-state index contributed by atoms with van der Waals surface area (Å²) in [5, 5.41) is 0. The maximum Gasteiger partial charge on any atom is 0.352 e. The Morgan fingerprint density at radius 2 is 1.26 bits per heavy atom. The summed E-state index contributed by atoms with van der Waals surface area (Å²) in [6.07, 6.45) is 3.81. The number of piperidine rings is 1. The molecule has 198 valence electrons. The van der Waals surface area contributed by atoms with Gasteiger partial charge in [0.1, 0.15) is 11.5 Å². The zero-order valence-electron chi connectivity index (χ0n) is 22.1. The molecule has 0 radical (unpaired) electrons. The van der Waals surface area contributed by atoms with Gasteiger partial charge in [-0.05, 0) is 54.8 Å². The third-order valence-corrected chi connectivity index (χ3v) is 8.75. The SMILES string of the molecule is CCOP(=O)(OCC)C(c1ccc(OC)cc1)N1C/C(=C\c2ccccc2)C(=O)/C(=C/c2ccccc2)C1. The minimum absolute atomic E-state index is 0.0231. The molecule has 0 amide bonds. The van der Waals surface area contributed by atoms with Crippen molar-refractivity contribution < 1.29 is 23.1 Å². The molecule has 1 saturated heterocycles. The summed E-state index contributed by atoms with van der Waals surface area (Å²) in [5.74, 6) is -0.0526. The minimum Gasteiger partial charge on any atom is -0.497 e. The van der Waals surface area contributed by atoms with Crippen LogP contribution in [-0.2, 0) is 18.4 Å². The second-order valence-electron chi connectivity index (χ2n) is 8.92. The van der Waals surface area contributed by atoms with Gasteiger partial charge < -0.3 is 13.8 Å². The van der Waals surface area contributed by atoms with E-state index in [-0.39, 0.29) is 19.0 Å². The van der Waals surface area contributed by atoms with Gasteiger partial charge in [0.15, 0.2) is 5.78 Å². The second-order valence-corrected chi connectivity index (χ2v) is 11.0. The van der Waals surface area contributed by atoms with Crippen LogP contribution in [0.1, 0.15) is 36.3 Å². The molecular formula is C31H34NO5P. The Morgan fingerprint density at radius 1 is 0.789 bits per heavy atom. The summed E-state index contributed by atoms with van der Waals surface area (Å²) >= 11 is 0. The molecule has 1 unspecified atom stereocenters. The molecule has 0 N–H and O–H groups in total. The van der Waals surface area contributed by atoms with Crippen LogP contribution in [-0.4, -0.2) is 44.1 Å². The topological polar surface area (TPSA) is 65.1 Å². The third-order valence-electron chi connectivity index (χ3n) is 6.29. The molecule has 4 rings (SSSR count). The largest absolute Gasteiger partial charge is 0.497 e. The first-order valence-corrected chi connectivity index (χ1v) is 14.4. The van der Waals surface area contributed by atoms with Crippen molar-refractivity contribution in [3.05, 3.63) is 113 Å². The van der Waals surface area contributed by atoms with Crippen molar-refractivity contribution in [3.8, 4) is 5.75 Å². The first-order valence-electron chi connectivity index (χ1n) is 12.8. The van der Waals surface area contributed by atoms with Crippen molar-refractivity contribution in [2.75, 3.05) is 33.4 Å². The van der Waals surface area contributed by atoms with E-state index in [1.54, 1.807) is 21.0 Å². The quantitative estimate of drug-likeness (QED) is 0.207. The van der Waals surface area contributed by atoms with Crippen molar-refractivity contribution >= 4 is 25.5 Å². The fourth-order valence-electron chi connectivity index (χ4n) is 4.65. The summed E-state index contributed by atoms with van der Waals surface area (Å²) in [7, 11) is -2.06. The monoisotopic (exact) mass is 531 g/mol. The van der Waals surface area contributed by atoms with Crippen LogP contribution in [0.2, 0.25) is 0 Å². The van der Waals surface area contributed by atoms with Crippen LogP contribution in [0.25, 0.3) is 12.2 Å². The molecule has 1 heterocycles. The first-order chi connectivity index (χ1) is 18.5. The number of benzene rings is 3. The van der Waals surface area contributed by atoms with Crippen molar-refractivity contribution in [3.63, 3.8) is 0 Å². The Balaban J connectivity index is 1.85. The number of hydrogen-bond donors (Lipinski definition) is 0. The summed E-state index contributed by atoms with van der Waals surface area (Å²) in [6, 6.07) is 26.9. The number of ketones is 1. The number of carbonyl (C=O) groups is 1. The molecule has 1 atom stereocenters. The van der Waals surface area contributed by atoms with E-state index in [0.29, 0.717) is 30.0 Å². The number of nitrogens with zero attached hydrogens (tertiary/aromatic N) is 1. The lowest BCUT2D eigenvalue weighted by atomic mass is 9.94. The first kappa shape index (κ1) is 27.7. The summed E-state index contributed by atoms with van der Waals surface area (Å²) in [6.45, 7) is 4.66. The average Bonchev–Trinajstić information content (AvgIpc) is 2.93. The van der Waals surface area contributed by atoms with Gasteiger partial charge in [0.05, 0.1) is 20.3 Å². The van der Waals surface area contributed by atoms with Crippen molar-refractivity contribution in [1.29, 1.82) is 0 Å². The molecule has 1 aliphatic rings. The number of methoxy groups -OCH3 is 1. The van der Waals surface area contributed by atoms with Crippen LogP contribution in [0.5, 0.6) is 5.75 Å². The van der Waals surface area contributed by atoms with E-state index in [9.17, 15) is 9.36 Å². The minimum atomic E-state index is -3.66. The Labute approximate surface area is 225 Å².